The summed E-state index contributed by atoms with van der Waals surface area (Å²) >= 11 is 1.88. The van der Waals surface area contributed by atoms with Crippen molar-refractivity contribution in [3.05, 3.63) is 305 Å². The highest BCUT2D eigenvalue weighted by Crippen LogP contribution is 2.65. The van der Waals surface area contributed by atoms with Crippen molar-refractivity contribution in [3.8, 4) is 44.9 Å². The minimum absolute atomic E-state index is 0.529. The summed E-state index contributed by atoms with van der Waals surface area (Å²) < 4.78 is 7.00. The summed E-state index contributed by atoms with van der Waals surface area (Å²) in [6.45, 7) is 0. The molecule has 0 radical (unpaired) electrons. The molecule has 12 aromatic rings. The third-order valence-corrected chi connectivity index (χ3v) is 17.5. The van der Waals surface area contributed by atoms with Gasteiger partial charge in [-0.15, -0.1) is 0 Å². The molecule has 4 aliphatic rings. The van der Waals surface area contributed by atoms with E-state index in [-0.39, 0.29) is 0 Å². The number of ether oxygens (including phenoxy) is 1. The summed E-state index contributed by atoms with van der Waals surface area (Å²) in [5.41, 5.74) is 19.7. The van der Waals surface area contributed by atoms with E-state index >= 15 is 0 Å². The van der Waals surface area contributed by atoms with E-state index in [9.17, 15) is 0 Å². The summed E-state index contributed by atoms with van der Waals surface area (Å²) in [5, 5.41) is 4.87. The lowest BCUT2D eigenvalue weighted by Crippen LogP contribution is -2.32. The molecule has 2 heterocycles. The second-order valence-corrected chi connectivity index (χ2v) is 20.9. The Labute approximate surface area is 428 Å². The Bertz CT molecular complexity index is 4030. The fourth-order valence-electron chi connectivity index (χ4n) is 13.4. The van der Waals surface area contributed by atoms with Crippen molar-refractivity contribution in [1.82, 2.24) is 0 Å². The first-order chi connectivity index (χ1) is 36.2. The van der Waals surface area contributed by atoms with Gasteiger partial charge >= 0.3 is 0 Å². The van der Waals surface area contributed by atoms with Crippen LogP contribution in [0.2, 0.25) is 0 Å². The van der Waals surface area contributed by atoms with Crippen molar-refractivity contribution in [2.75, 3.05) is 4.90 Å². The van der Waals surface area contributed by atoms with Crippen molar-refractivity contribution >= 4 is 50.4 Å². The lowest BCUT2D eigenvalue weighted by Gasteiger charge is -2.41. The molecular formula is C70H43NOS. The maximum atomic E-state index is 7.00. The zero-order chi connectivity index (χ0) is 47.8. The monoisotopic (exact) mass is 945 g/mol. The van der Waals surface area contributed by atoms with Crippen LogP contribution in [0.25, 0.3) is 54.9 Å². The van der Waals surface area contributed by atoms with E-state index in [1.807, 2.05) is 11.8 Å². The molecule has 0 fully saturated rings. The Morgan fingerprint density at radius 2 is 0.767 bits per heavy atom. The van der Waals surface area contributed by atoms with Gasteiger partial charge in [0.25, 0.3) is 0 Å². The van der Waals surface area contributed by atoms with E-state index in [1.54, 1.807) is 0 Å². The molecule has 0 saturated carbocycles. The fraction of sp³-hybridized carbons (Fsp3) is 0.0286. The van der Waals surface area contributed by atoms with Crippen LogP contribution in [0.4, 0.5) is 17.1 Å². The van der Waals surface area contributed by atoms with Crippen LogP contribution in [0.5, 0.6) is 11.5 Å². The molecule has 0 amide bonds. The molecule has 73 heavy (non-hydrogen) atoms. The number of hydrogen-bond donors (Lipinski definition) is 0. The third-order valence-electron chi connectivity index (χ3n) is 16.4. The van der Waals surface area contributed by atoms with Gasteiger partial charge in [0.05, 0.1) is 10.8 Å². The Hall–Kier alpha value is -8.89. The Balaban J connectivity index is 0.960. The number of rotatable bonds is 4. The van der Waals surface area contributed by atoms with Crippen molar-refractivity contribution in [2.24, 2.45) is 0 Å². The van der Waals surface area contributed by atoms with E-state index in [2.05, 4.69) is 266 Å². The SMILES string of the molecule is c1ccc2c(c1)Oc1ccc(N(c3ccc4c(c3)C3(c5ccccc5S4)c4ccccc4-c4ccccc43)c3ccc4c(-c5ccc6ccccc6c5)cccc4c3)cc1C21c2ccccc2-c2ccccc21. The summed E-state index contributed by atoms with van der Waals surface area (Å²) in [4.78, 5) is 5.05. The van der Waals surface area contributed by atoms with Gasteiger partial charge in [0.2, 0.25) is 0 Å². The summed E-state index contributed by atoms with van der Waals surface area (Å²) in [6.07, 6.45) is 0. The maximum Gasteiger partial charge on any atom is 0.132 e. The highest BCUT2D eigenvalue weighted by Gasteiger charge is 2.52. The summed E-state index contributed by atoms with van der Waals surface area (Å²) in [7, 11) is 0. The van der Waals surface area contributed by atoms with Crippen LogP contribution in [0, 0.1) is 0 Å². The molecule has 3 heteroatoms. The molecule has 0 aromatic heterocycles. The number of hydrogen-bond acceptors (Lipinski definition) is 3. The molecule has 0 bridgehead atoms. The quantitative estimate of drug-likeness (QED) is 0.174. The van der Waals surface area contributed by atoms with Gasteiger partial charge in [-0.2, -0.15) is 0 Å². The van der Waals surface area contributed by atoms with Crippen LogP contribution in [0.15, 0.2) is 271 Å². The van der Waals surface area contributed by atoms with Gasteiger partial charge in [0, 0.05) is 38.0 Å². The topological polar surface area (TPSA) is 12.5 Å². The molecule has 0 atom stereocenters. The third kappa shape index (κ3) is 5.55. The predicted octanol–water partition coefficient (Wildman–Crippen LogP) is 18.4. The van der Waals surface area contributed by atoms with E-state index in [4.69, 9.17) is 4.74 Å². The van der Waals surface area contributed by atoms with Crippen molar-refractivity contribution in [2.45, 2.75) is 20.6 Å². The number of benzene rings is 12. The number of fused-ring (bicyclic) bond motifs is 20. The fourth-order valence-corrected chi connectivity index (χ4v) is 14.6. The van der Waals surface area contributed by atoms with Crippen LogP contribution < -0.4 is 9.64 Å². The molecule has 16 rings (SSSR count). The normalized spacial score (nSPS) is 14.3. The van der Waals surface area contributed by atoms with Gasteiger partial charge < -0.3 is 9.64 Å². The zero-order valence-electron chi connectivity index (χ0n) is 39.6. The van der Waals surface area contributed by atoms with E-state index in [0.29, 0.717) is 0 Å². The van der Waals surface area contributed by atoms with Gasteiger partial charge in [0.15, 0.2) is 0 Å². The molecular weight excluding hydrogens is 903 g/mol. The Kier molecular flexibility index (Phi) is 8.56. The van der Waals surface area contributed by atoms with Gasteiger partial charge in [-0.3, -0.25) is 0 Å². The highest BCUT2D eigenvalue weighted by atomic mass is 32.2. The summed E-state index contributed by atoms with van der Waals surface area (Å²) in [6, 6.07) is 97.2. The average molecular weight is 946 g/mol. The number of para-hydroxylation sites is 1. The molecule has 2 aliphatic carbocycles. The first kappa shape index (κ1) is 40.8. The first-order valence-corrected chi connectivity index (χ1v) is 26.0. The van der Waals surface area contributed by atoms with E-state index in [0.717, 1.165) is 39.7 Å². The lowest BCUT2D eigenvalue weighted by molar-refractivity contribution is 0.436. The van der Waals surface area contributed by atoms with Crippen LogP contribution in [-0.2, 0) is 10.8 Å². The van der Waals surface area contributed by atoms with Crippen molar-refractivity contribution in [1.29, 1.82) is 0 Å². The minimum Gasteiger partial charge on any atom is -0.457 e. The molecule has 0 unspecified atom stereocenters. The second kappa shape index (κ2) is 15.3. The van der Waals surface area contributed by atoms with Gasteiger partial charge in [-0.1, -0.05) is 206 Å². The van der Waals surface area contributed by atoms with Crippen LogP contribution in [0.1, 0.15) is 44.5 Å². The predicted molar refractivity (Wildman–Crippen MR) is 300 cm³/mol. The van der Waals surface area contributed by atoms with Gasteiger partial charge in [-0.25, -0.2) is 0 Å². The zero-order valence-corrected chi connectivity index (χ0v) is 40.4. The lowest BCUT2D eigenvalue weighted by atomic mass is 9.66. The maximum absolute atomic E-state index is 7.00. The average Bonchev–Trinajstić information content (AvgIpc) is 3.91. The largest absolute Gasteiger partial charge is 0.457 e. The van der Waals surface area contributed by atoms with E-state index < -0.39 is 10.8 Å². The van der Waals surface area contributed by atoms with E-state index in [1.165, 1.54) is 98.1 Å². The standard InChI is InChI=1S/C70H43NOS/c1-2-17-45-40-47(33-32-44(45)16-1)51-23-15-18-46-41-48(34-37-52(46)51)71(49-35-38-66-63(42-49)69(61-28-11-13-30-65(61)72-66)57-24-7-3-19-53(57)54-20-4-8-25-58(54)69)50-36-39-68-64(43-50)70(62-29-12-14-31-67(62)73-68)59-26-9-5-21-55(59)56-22-6-10-27-60(56)70/h1-43H. The Morgan fingerprint density at radius 1 is 0.288 bits per heavy atom. The van der Waals surface area contributed by atoms with Crippen molar-refractivity contribution in [3.63, 3.8) is 0 Å². The van der Waals surface area contributed by atoms with Crippen LogP contribution in [-0.4, -0.2) is 0 Å². The molecule has 2 spiro atoms. The number of nitrogens with zero attached hydrogens (tertiary/aromatic N) is 1. The number of anilines is 3. The van der Waals surface area contributed by atoms with Gasteiger partial charge in [0.1, 0.15) is 11.5 Å². The second-order valence-electron chi connectivity index (χ2n) is 19.8. The molecule has 340 valence electrons. The van der Waals surface area contributed by atoms with Gasteiger partial charge in [-0.05, 0) is 155 Å². The van der Waals surface area contributed by atoms with Crippen molar-refractivity contribution < 1.29 is 4.74 Å². The molecule has 0 saturated heterocycles. The molecule has 0 N–H and O–H groups in total. The molecule has 2 nitrogen and oxygen atoms in total. The Morgan fingerprint density at radius 3 is 1.47 bits per heavy atom. The summed E-state index contributed by atoms with van der Waals surface area (Å²) in [5.74, 6) is 1.75. The molecule has 12 aromatic carbocycles. The molecule has 2 aliphatic heterocycles. The highest BCUT2D eigenvalue weighted by molar-refractivity contribution is 7.99. The minimum atomic E-state index is -0.616. The smallest absolute Gasteiger partial charge is 0.132 e. The van der Waals surface area contributed by atoms with Crippen LogP contribution in [0.3, 0.4) is 0 Å². The van der Waals surface area contributed by atoms with Crippen LogP contribution >= 0.6 is 11.8 Å². The first-order valence-electron chi connectivity index (χ1n) is 25.2.